The van der Waals surface area contributed by atoms with Crippen LogP contribution in [0.2, 0.25) is 0 Å². The normalized spacial score (nSPS) is 9.33. The minimum atomic E-state index is -0.638. The van der Waals surface area contributed by atoms with Crippen LogP contribution in [0.5, 0.6) is 5.75 Å². The van der Waals surface area contributed by atoms with E-state index in [1.165, 1.54) is 32.2 Å². The fourth-order valence-corrected chi connectivity index (χ4v) is 1.38. The van der Waals surface area contributed by atoms with Gasteiger partial charge in [-0.05, 0) is 25.1 Å². The molecule has 2 aromatic rings. The van der Waals surface area contributed by atoms with Crippen LogP contribution >= 0.6 is 0 Å². The predicted octanol–water partition coefficient (Wildman–Crippen LogP) is 3.56. The Hall–Kier alpha value is -2.68. The molecular weight excluding hydrogens is 281 g/mol. The van der Waals surface area contributed by atoms with Crippen molar-refractivity contribution in [2.75, 3.05) is 12.8 Å². The van der Waals surface area contributed by atoms with Crippen LogP contribution in [0.3, 0.4) is 0 Å². The first-order valence-corrected chi connectivity index (χ1v) is 5.83. The van der Waals surface area contributed by atoms with E-state index in [2.05, 4.69) is 0 Å². The molecule has 0 aliphatic carbocycles. The molecule has 0 amide bonds. The zero-order chi connectivity index (χ0) is 16.0. The number of nitrogens with two attached hydrogens (primary N) is 1. The lowest BCUT2D eigenvalue weighted by atomic mass is 10.2. The third-order valence-electron chi connectivity index (χ3n) is 2.64. The Balaban J connectivity index is 0.000000211. The quantitative estimate of drug-likeness (QED) is 0.818. The highest BCUT2D eigenvalue weighted by Crippen LogP contribution is 2.16. The summed E-state index contributed by atoms with van der Waals surface area (Å²) in [5.74, 6) is -1.27. The molecule has 0 heterocycles. The van der Waals surface area contributed by atoms with Gasteiger partial charge in [0.25, 0.3) is 0 Å². The van der Waals surface area contributed by atoms with E-state index in [1.54, 1.807) is 6.07 Å². The Morgan fingerprint density at radius 1 is 1.10 bits per heavy atom. The van der Waals surface area contributed by atoms with Gasteiger partial charge in [0, 0.05) is 23.4 Å². The van der Waals surface area contributed by atoms with Gasteiger partial charge >= 0.3 is 0 Å². The summed E-state index contributed by atoms with van der Waals surface area (Å²) in [4.78, 5) is 0. The Kier molecular flexibility index (Phi) is 5.61. The molecule has 0 aromatic heterocycles. The van der Waals surface area contributed by atoms with E-state index in [0.717, 1.165) is 12.1 Å². The molecule has 0 unspecified atom stereocenters. The number of rotatable bonds is 1. The molecule has 0 atom stereocenters. The van der Waals surface area contributed by atoms with Crippen molar-refractivity contribution in [3.05, 3.63) is 58.9 Å². The Morgan fingerprint density at radius 3 is 2.29 bits per heavy atom. The summed E-state index contributed by atoms with van der Waals surface area (Å²) in [6.45, 7) is 1.50. The van der Waals surface area contributed by atoms with Crippen molar-refractivity contribution in [3.63, 3.8) is 0 Å². The Labute approximate surface area is 120 Å². The molecule has 0 spiro atoms. The highest BCUT2D eigenvalue weighted by atomic mass is 19.1. The zero-order valence-corrected chi connectivity index (χ0v) is 11.5. The van der Waals surface area contributed by atoms with Crippen LogP contribution in [0, 0.1) is 35.7 Å². The summed E-state index contributed by atoms with van der Waals surface area (Å²) < 4.78 is 42.2. The van der Waals surface area contributed by atoms with Crippen molar-refractivity contribution >= 4 is 5.69 Å². The second-order valence-electron chi connectivity index (χ2n) is 4.06. The molecule has 0 aliphatic rings. The average molecular weight is 294 g/mol. The van der Waals surface area contributed by atoms with Gasteiger partial charge in [0.2, 0.25) is 0 Å². The van der Waals surface area contributed by atoms with Crippen molar-refractivity contribution in [2.45, 2.75) is 6.92 Å². The Bertz CT molecular complexity index is 658. The number of anilines is 1. The Morgan fingerprint density at radius 2 is 1.76 bits per heavy atom. The smallest absolute Gasteiger partial charge is 0.141 e. The standard InChI is InChI=1S/C8H6FNO.C7H7F2N/c1-11-7-2-3-8(9)6(4-7)5-10;1-4-6(9)2-5(8)3-7(4)10/h2-4H,1H3;2-3H,10H2,1H3. The summed E-state index contributed by atoms with van der Waals surface area (Å²) in [7, 11) is 1.47. The molecule has 0 fully saturated rings. The highest BCUT2D eigenvalue weighted by molar-refractivity contribution is 5.46. The maximum absolute atomic E-state index is 12.6. The van der Waals surface area contributed by atoms with Gasteiger partial charge in [0.1, 0.15) is 29.3 Å². The first-order chi connectivity index (χ1) is 9.88. The number of nitrogen functional groups attached to an aromatic ring is 1. The van der Waals surface area contributed by atoms with E-state index in [9.17, 15) is 13.2 Å². The fourth-order valence-electron chi connectivity index (χ4n) is 1.38. The van der Waals surface area contributed by atoms with Crippen LogP contribution in [0.15, 0.2) is 30.3 Å². The number of nitriles is 1. The molecule has 2 N–H and O–H groups in total. The number of ether oxygens (including phenoxy) is 1. The van der Waals surface area contributed by atoms with E-state index in [0.29, 0.717) is 11.3 Å². The molecule has 2 aromatic carbocycles. The average Bonchev–Trinajstić information content (AvgIpc) is 2.46. The second-order valence-corrected chi connectivity index (χ2v) is 4.06. The minimum Gasteiger partial charge on any atom is -0.497 e. The van der Waals surface area contributed by atoms with Crippen LogP contribution in [0.4, 0.5) is 18.9 Å². The van der Waals surface area contributed by atoms with Gasteiger partial charge in [-0.3, -0.25) is 0 Å². The van der Waals surface area contributed by atoms with E-state index in [-0.39, 0.29) is 11.3 Å². The number of nitrogens with zero attached hydrogens (tertiary/aromatic N) is 1. The van der Waals surface area contributed by atoms with Crippen LogP contribution in [-0.4, -0.2) is 7.11 Å². The minimum absolute atomic E-state index is 0.00403. The van der Waals surface area contributed by atoms with Gasteiger partial charge in [0.15, 0.2) is 0 Å². The van der Waals surface area contributed by atoms with Gasteiger partial charge in [-0.25, -0.2) is 13.2 Å². The monoisotopic (exact) mass is 294 g/mol. The molecule has 6 heteroatoms. The zero-order valence-electron chi connectivity index (χ0n) is 11.5. The predicted molar refractivity (Wildman–Crippen MR) is 73.2 cm³/mol. The van der Waals surface area contributed by atoms with Gasteiger partial charge in [-0.15, -0.1) is 0 Å². The van der Waals surface area contributed by atoms with Crippen molar-refractivity contribution in [3.8, 4) is 11.8 Å². The fraction of sp³-hybridized carbons (Fsp3) is 0.133. The third kappa shape index (κ3) is 4.42. The molecule has 0 saturated heterocycles. The van der Waals surface area contributed by atoms with Crippen LogP contribution < -0.4 is 10.5 Å². The van der Waals surface area contributed by atoms with Crippen LogP contribution in [-0.2, 0) is 0 Å². The number of halogens is 3. The lowest BCUT2D eigenvalue weighted by Crippen LogP contribution is -1.94. The summed E-state index contributed by atoms with van der Waals surface area (Å²) >= 11 is 0. The van der Waals surface area contributed by atoms with E-state index in [1.807, 2.05) is 0 Å². The molecule has 0 radical (unpaired) electrons. The molecule has 0 bridgehead atoms. The molecule has 0 saturated carbocycles. The number of benzene rings is 2. The maximum Gasteiger partial charge on any atom is 0.141 e. The summed E-state index contributed by atoms with van der Waals surface area (Å²) in [6, 6.07) is 7.65. The molecule has 110 valence electrons. The largest absolute Gasteiger partial charge is 0.497 e. The van der Waals surface area contributed by atoms with Gasteiger partial charge in [-0.1, -0.05) is 0 Å². The lowest BCUT2D eigenvalue weighted by Gasteiger charge is -1.99. The van der Waals surface area contributed by atoms with E-state index in [4.69, 9.17) is 15.7 Å². The van der Waals surface area contributed by atoms with Crippen molar-refractivity contribution in [1.82, 2.24) is 0 Å². The topological polar surface area (TPSA) is 59.0 Å². The van der Waals surface area contributed by atoms with E-state index < -0.39 is 17.5 Å². The van der Waals surface area contributed by atoms with Crippen molar-refractivity contribution in [2.24, 2.45) is 0 Å². The number of methoxy groups -OCH3 is 1. The van der Waals surface area contributed by atoms with Crippen LogP contribution in [0.1, 0.15) is 11.1 Å². The summed E-state index contributed by atoms with van der Waals surface area (Å²) in [5.41, 5.74) is 5.69. The van der Waals surface area contributed by atoms with Crippen molar-refractivity contribution < 1.29 is 17.9 Å². The lowest BCUT2D eigenvalue weighted by molar-refractivity contribution is 0.413. The summed E-state index contributed by atoms with van der Waals surface area (Å²) in [6.07, 6.45) is 0. The second kappa shape index (κ2) is 7.20. The van der Waals surface area contributed by atoms with Gasteiger partial charge in [0.05, 0.1) is 12.7 Å². The number of hydrogen-bond donors (Lipinski definition) is 1. The number of hydrogen-bond acceptors (Lipinski definition) is 3. The molecule has 3 nitrogen and oxygen atoms in total. The first kappa shape index (κ1) is 16.4. The van der Waals surface area contributed by atoms with Gasteiger partial charge < -0.3 is 10.5 Å². The summed E-state index contributed by atoms with van der Waals surface area (Å²) in [5, 5.41) is 8.39. The molecule has 21 heavy (non-hydrogen) atoms. The first-order valence-electron chi connectivity index (χ1n) is 5.83. The van der Waals surface area contributed by atoms with Gasteiger partial charge in [-0.2, -0.15) is 5.26 Å². The van der Waals surface area contributed by atoms with Crippen molar-refractivity contribution in [1.29, 1.82) is 5.26 Å². The third-order valence-corrected chi connectivity index (χ3v) is 2.64. The molecular formula is C15H13F3N2O. The van der Waals surface area contributed by atoms with Crippen LogP contribution in [0.25, 0.3) is 0 Å². The SMILES string of the molecule is COc1ccc(F)c(C#N)c1.Cc1c(N)cc(F)cc1F. The molecule has 2 rings (SSSR count). The molecule has 0 aliphatic heterocycles. The van der Waals surface area contributed by atoms with E-state index >= 15 is 0 Å². The maximum atomic E-state index is 12.6. The highest BCUT2D eigenvalue weighted by Gasteiger charge is 2.02.